The predicted octanol–water partition coefficient (Wildman–Crippen LogP) is 4.73. The van der Waals surface area contributed by atoms with Crippen LogP contribution in [0.1, 0.15) is 19.4 Å². The van der Waals surface area contributed by atoms with Crippen LogP contribution >= 0.6 is 23.2 Å². The zero-order valence-corrected chi connectivity index (χ0v) is 13.2. The first-order valence-corrected chi connectivity index (χ1v) is 6.92. The maximum Gasteiger partial charge on any atom is 0.304 e. The number of allylic oxidation sites excluding steroid dienone is 2. The van der Waals surface area contributed by atoms with Crippen molar-refractivity contribution >= 4 is 23.2 Å². The molecule has 0 spiro atoms. The number of ether oxygens (including phenoxy) is 1. The van der Waals surface area contributed by atoms with E-state index in [9.17, 15) is 5.26 Å². The van der Waals surface area contributed by atoms with E-state index in [4.69, 9.17) is 39.8 Å². The number of benzene rings is 1. The lowest BCUT2D eigenvalue weighted by molar-refractivity contribution is 0.0727. The predicted molar refractivity (Wildman–Crippen MR) is 82.5 cm³/mol. The van der Waals surface area contributed by atoms with Crippen molar-refractivity contribution in [3.8, 4) is 12.1 Å². The fraction of sp³-hybridized carbons (Fsp3) is 0.188. The quantitative estimate of drug-likeness (QED) is 0.552. The van der Waals surface area contributed by atoms with E-state index in [0.29, 0.717) is 21.2 Å². The van der Waals surface area contributed by atoms with Crippen molar-refractivity contribution in [1.29, 1.82) is 10.5 Å². The highest BCUT2D eigenvalue weighted by Crippen LogP contribution is 2.46. The molecule has 0 aliphatic carbocycles. The van der Waals surface area contributed by atoms with E-state index in [1.165, 1.54) is 0 Å². The Morgan fingerprint density at radius 3 is 2.50 bits per heavy atom. The summed E-state index contributed by atoms with van der Waals surface area (Å²) in [5.41, 5.74) is 0.256. The van der Waals surface area contributed by atoms with Gasteiger partial charge in [0.2, 0.25) is 0 Å². The average Bonchev–Trinajstić information content (AvgIpc) is 2.76. The molecule has 0 bridgehead atoms. The summed E-state index contributed by atoms with van der Waals surface area (Å²) >= 11 is 12.0. The molecule has 0 N–H and O–H groups in total. The van der Waals surface area contributed by atoms with Crippen molar-refractivity contribution in [2.75, 3.05) is 0 Å². The Morgan fingerprint density at radius 1 is 1.32 bits per heavy atom. The Kier molecular flexibility index (Phi) is 4.16. The van der Waals surface area contributed by atoms with Crippen LogP contribution in [0.2, 0.25) is 10.0 Å². The van der Waals surface area contributed by atoms with Gasteiger partial charge in [0.25, 0.3) is 0 Å². The minimum atomic E-state index is -0.985. The molecule has 4 nitrogen and oxygen atoms in total. The molecule has 0 aromatic heterocycles. The molecule has 108 valence electrons. The van der Waals surface area contributed by atoms with Gasteiger partial charge in [0, 0.05) is 5.56 Å². The second-order valence-corrected chi connectivity index (χ2v) is 5.59. The van der Waals surface area contributed by atoms with Crippen molar-refractivity contribution in [2.24, 2.45) is 0 Å². The molecule has 1 unspecified atom stereocenters. The van der Waals surface area contributed by atoms with Crippen LogP contribution in [0.25, 0.3) is 4.85 Å². The van der Waals surface area contributed by atoms with Crippen LogP contribution in [-0.4, -0.2) is 0 Å². The zero-order valence-electron chi connectivity index (χ0n) is 11.7. The summed E-state index contributed by atoms with van der Waals surface area (Å²) in [7, 11) is 0. The molecule has 1 aliphatic rings. The van der Waals surface area contributed by atoms with E-state index < -0.39 is 5.60 Å². The van der Waals surface area contributed by atoms with Crippen LogP contribution in [0.5, 0.6) is 0 Å². The molecule has 22 heavy (non-hydrogen) atoms. The largest absolute Gasteiger partial charge is 0.487 e. The SMILES string of the molecule is [C-]#[N+]/C(C#N)=C1\OC(C)(c2ccc(Cl)c(Cl)c2)C(C)=C1C#N. The van der Waals surface area contributed by atoms with Crippen LogP contribution in [0, 0.1) is 29.2 Å². The van der Waals surface area contributed by atoms with Crippen molar-refractivity contribution in [1.82, 2.24) is 0 Å². The van der Waals surface area contributed by atoms with Crippen molar-refractivity contribution in [2.45, 2.75) is 19.4 Å². The van der Waals surface area contributed by atoms with Crippen LogP contribution in [0.15, 0.2) is 40.8 Å². The van der Waals surface area contributed by atoms with Gasteiger partial charge in [-0.2, -0.15) is 5.26 Å². The van der Waals surface area contributed by atoms with Crippen molar-refractivity contribution < 1.29 is 4.74 Å². The lowest BCUT2D eigenvalue weighted by atomic mass is 9.88. The summed E-state index contributed by atoms with van der Waals surface area (Å²) in [4.78, 5) is 3.12. The summed E-state index contributed by atoms with van der Waals surface area (Å²) in [5, 5.41) is 19.1. The third-order valence-corrected chi connectivity index (χ3v) is 4.38. The second-order valence-electron chi connectivity index (χ2n) is 4.78. The first-order valence-electron chi connectivity index (χ1n) is 6.17. The van der Waals surface area contributed by atoms with Gasteiger partial charge >= 0.3 is 5.70 Å². The first-order chi connectivity index (χ1) is 10.4. The van der Waals surface area contributed by atoms with Gasteiger partial charge in [0.15, 0.2) is 11.4 Å². The van der Waals surface area contributed by atoms with E-state index in [2.05, 4.69) is 4.85 Å². The van der Waals surface area contributed by atoms with Gasteiger partial charge in [-0.05, 0) is 31.6 Å². The Morgan fingerprint density at radius 2 is 2.00 bits per heavy atom. The summed E-state index contributed by atoms with van der Waals surface area (Å²) in [6, 6.07) is 8.78. The van der Waals surface area contributed by atoms with E-state index in [0.717, 1.165) is 0 Å². The number of nitrogens with zero attached hydrogens (tertiary/aromatic N) is 3. The van der Waals surface area contributed by atoms with Crippen LogP contribution in [0.3, 0.4) is 0 Å². The van der Waals surface area contributed by atoms with E-state index in [1.54, 1.807) is 38.1 Å². The molecule has 1 aliphatic heterocycles. The third kappa shape index (κ3) is 2.32. The molecular weight excluding hydrogens is 321 g/mol. The van der Waals surface area contributed by atoms with Crippen LogP contribution in [0.4, 0.5) is 0 Å². The highest BCUT2D eigenvalue weighted by Gasteiger charge is 2.42. The van der Waals surface area contributed by atoms with Gasteiger partial charge in [-0.15, -0.1) is 0 Å². The second kappa shape index (κ2) is 5.74. The van der Waals surface area contributed by atoms with Crippen LogP contribution in [-0.2, 0) is 10.3 Å². The minimum absolute atomic E-state index is 0.00562. The smallest absolute Gasteiger partial charge is 0.304 e. The zero-order chi connectivity index (χ0) is 16.5. The van der Waals surface area contributed by atoms with E-state index >= 15 is 0 Å². The van der Waals surface area contributed by atoms with Gasteiger partial charge in [-0.3, -0.25) is 0 Å². The highest BCUT2D eigenvalue weighted by molar-refractivity contribution is 6.42. The summed E-state index contributed by atoms with van der Waals surface area (Å²) in [6.07, 6.45) is 0. The van der Waals surface area contributed by atoms with Crippen molar-refractivity contribution in [3.63, 3.8) is 0 Å². The molecule has 0 fully saturated rings. The Labute approximate surface area is 138 Å². The van der Waals surface area contributed by atoms with Gasteiger partial charge in [0.05, 0.1) is 28.3 Å². The molecule has 1 heterocycles. The van der Waals surface area contributed by atoms with Gasteiger partial charge in [-0.1, -0.05) is 29.3 Å². The summed E-state index contributed by atoms with van der Waals surface area (Å²) in [6.45, 7) is 10.5. The molecule has 0 amide bonds. The Balaban J connectivity index is 2.69. The molecule has 2 rings (SSSR count). The Hall–Kier alpha value is -2.45. The number of rotatable bonds is 1. The average molecular weight is 330 g/mol. The van der Waals surface area contributed by atoms with Gasteiger partial charge < -0.3 is 4.74 Å². The summed E-state index contributed by atoms with van der Waals surface area (Å²) < 4.78 is 5.83. The van der Waals surface area contributed by atoms with Gasteiger partial charge in [-0.25, -0.2) is 10.1 Å². The third-order valence-electron chi connectivity index (χ3n) is 3.64. The number of hydrogen-bond acceptors (Lipinski definition) is 3. The molecule has 1 aromatic rings. The summed E-state index contributed by atoms with van der Waals surface area (Å²) in [5.74, 6) is 0.00562. The standard InChI is InChI=1S/C16H9Cl2N3O/c1-9-11(7-19)15(14(8-20)21-3)22-16(9,2)10-4-5-12(17)13(18)6-10/h4-6H,1-2H3/b15-14-. The number of nitriles is 2. The molecule has 0 saturated carbocycles. The van der Waals surface area contributed by atoms with E-state index in [-0.39, 0.29) is 17.0 Å². The fourth-order valence-electron chi connectivity index (χ4n) is 2.24. The topological polar surface area (TPSA) is 61.2 Å². The number of halogens is 2. The molecule has 0 saturated heterocycles. The molecule has 1 atom stereocenters. The molecule has 6 heteroatoms. The minimum Gasteiger partial charge on any atom is -0.487 e. The molecular formula is C16H9Cl2N3O. The van der Waals surface area contributed by atoms with Gasteiger partial charge in [0.1, 0.15) is 6.07 Å². The van der Waals surface area contributed by atoms with E-state index in [1.807, 2.05) is 6.07 Å². The lowest BCUT2D eigenvalue weighted by Gasteiger charge is -2.27. The monoisotopic (exact) mass is 329 g/mol. The molecule has 0 radical (unpaired) electrons. The maximum absolute atomic E-state index is 9.34. The first kappa shape index (κ1) is 15.9. The highest BCUT2D eigenvalue weighted by atomic mass is 35.5. The van der Waals surface area contributed by atoms with Crippen molar-refractivity contribution in [3.05, 3.63) is 67.8 Å². The lowest BCUT2D eigenvalue weighted by Crippen LogP contribution is -2.22. The normalized spacial score (nSPS) is 22.4. The fourth-order valence-corrected chi connectivity index (χ4v) is 2.53. The number of hydrogen-bond donors (Lipinski definition) is 0. The maximum atomic E-state index is 9.34. The Bertz CT molecular complexity index is 834. The van der Waals surface area contributed by atoms with Crippen LogP contribution < -0.4 is 0 Å². The molecule has 1 aromatic carbocycles.